The lowest BCUT2D eigenvalue weighted by atomic mass is 10.1. The summed E-state index contributed by atoms with van der Waals surface area (Å²) in [4.78, 5) is 0. The van der Waals surface area contributed by atoms with Crippen molar-refractivity contribution in [1.29, 1.82) is 0 Å². The third-order valence-corrected chi connectivity index (χ3v) is 3.85. The fourth-order valence-electron chi connectivity index (χ4n) is 1.25. The summed E-state index contributed by atoms with van der Waals surface area (Å²) in [5.74, 6) is -6.57. The van der Waals surface area contributed by atoms with Crippen molar-refractivity contribution >= 4 is 11.4 Å². The van der Waals surface area contributed by atoms with E-state index in [2.05, 4.69) is 4.72 Å². The van der Waals surface area contributed by atoms with Gasteiger partial charge in [-0.1, -0.05) is 6.07 Å². The maximum atomic E-state index is 13.7. The molecule has 19 heavy (non-hydrogen) atoms. The standard InChI is InChI=1S/C12H15F4NOS/c1-11(2,3)19(18)17-7-12(15,16)8-5-4-6-9(13)10(8)14/h4-6,17H,7H2,1-3H3. The molecule has 0 aliphatic carbocycles. The molecule has 0 saturated carbocycles. The second-order valence-corrected chi connectivity index (χ2v) is 7.06. The van der Waals surface area contributed by atoms with Crippen LogP contribution in [0.4, 0.5) is 17.6 Å². The van der Waals surface area contributed by atoms with Gasteiger partial charge in [0.05, 0.1) is 5.56 Å². The number of hydrogen-bond acceptors (Lipinski definition) is 2. The van der Waals surface area contributed by atoms with Crippen molar-refractivity contribution in [1.82, 2.24) is 4.72 Å². The number of hydrogen-bond donors (Lipinski definition) is 1. The molecule has 108 valence electrons. The van der Waals surface area contributed by atoms with Crippen LogP contribution in [-0.2, 0) is 17.3 Å². The predicted molar refractivity (Wildman–Crippen MR) is 66.2 cm³/mol. The van der Waals surface area contributed by atoms with Gasteiger partial charge in [0.15, 0.2) is 11.6 Å². The first kappa shape index (κ1) is 16.3. The molecule has 0 spiro atoms. The minimum absolute atomic E-state index is 0.726. The fraction of sp³-hybridized carbons (Fsp3) is 0.500. The minimum Gasteiger partial charge on any atom is -0.598 e. The molecular formula is C12H15F4NOS. The molecule has 1 aromatic rings. The van der Waals surface area contributed by atoms with E-state index >= 15 is 0 Å². The topological polar surface area (TPSA) is 35.1 Å². The summed E-state index contributed by atoms with van der Waals surface area (Å²) >= 11 is -1.72. The van der Waals surface area contributed by atoms with Gasteiger partial charge in [0.1, 0.15) is 11.3 Å². The molecule has 0 aliphatic rings. The van der Waals surface area contributed by atoms with Crippen LogP contribution < -0.4 is 4.72 Å². The van der Waals surface area contributed by atoms with Gasteiger partial charge >= 0.3 is 0 Å². The molecule has 1 aromatic carbocycles. The highest BCUT2D eigenvalue weighted by atomic mass is 32.2. The predicted octanol–water partition coefficient (Wildman–Crippen LogP) is 3.11. The molecule has 1 rings (SSSR count). The first-order valence-electron chi connectivity index (χ1n) is 5.53. The maximum absolute atomic E-state index is 13.7. The molecule has 0 saturated heterocycles. The van der Waals surface area contributed by atoms with Crippen molar-refractivity contribution in [2.24, 2.45) is 0 Å². The van der Waals surface area contributed by atoms with Crippen LogP contribution in [0.1, 0.15) is 26.3 Å². The summed E-state index contributed by atoms with van der Waals surface area (Å²) in [5, 5.41) is 0. The molecule has 2 nitrogen and oxygen atoms in total. The molecule has 7 heteroatoms. The quantitative estimate of drug-likeness (QED) is 0.684. The molecule has 0 bridgehead atoms. The van der Waals surface area contributed by atoms with Gasteiger partial charge in [-0.3, -0.25) is 0 Å². The highest BCUT2D eigenvalue weighted by Gasteiger charge is 2.38. The van der Waals surface area contributed by atoms with Gasteiger partial charge in [-0.25, -0.2) is 8.78 Å². The third-order valence-electron chi connectivity index (χ3n) is 2.33. The maximum Gasteiger partial charge on any atom is 0.292 e. The Labute approximate surface area is 112 Å². The molecule has 0 amide bonds. The van der Waals surface area contributed by atoms with Crippen LogP contribution in [0.2, 0.25) is 0 Å². The summed E-state index contributed by atoms with van der Waals surface area (Å²) in [6.07, 6.45) is 0. The molecule has 0 aromatic heterocycles. The zero-order valence-corrected chi connectivity index (χ0v) is 11.6. The summed E-state index contributed by atoms with van der Waals surface area (Å²) in [5.41, 5.74) is -1.05. The molecule has 1 N–H and O–H groups in total. The molecule has 0 aliphatic heterocycles. The highest BCUT2D eigenvalue weighted by molar-refractivity contribution is 7.90. The van der Waals surface area contributed by atoms with Crippen molar-refractivity contribution in [2.75, 3.05) is 6.54 Å². The normalized spacial score (nSPS) is 14.5. The first-order valence-corrected chi connectivity index (χ1v) is 6.68. The van der Waals surface area contributed by atoms with Crippen LogP contribution in [0.3, 0.4) is 0 Å². The molecular weight excluding hydrogens is 282 g/mol. The van der Waals surface area contributed by atoms with Crippen molar-refractivity contribution < 1.29 is 22.1 Å². The van der Waals surface area contributed by atoms with E-state index in [1.807, 2.05) is 0 Å². The Morgan fingerprint density at radius 1 is 1.21 bits per heavy atom. The monoisotopic (exact) mass is 297 g/mol. The van der Waals surface area contributed by atoms with Crippen molar-refractivity contribution in [2.45, 2.75) is 31.4 Å². The zero-order valence-electron chi connectivity index (χ0n) is 10.8. The molecule has 0 heterocycles. The Morgan fingerprint density at radius 2 is 1.79 bits per heavy atom. The Balaban J connectivity index is 2.84. The van der Waals surface area contributed by atoms with Gasteiger partial charge in [-0.05, 0) is 32.9 Å². The average Bonchev–Trinajstić information content (AvgIpc) is 2.28. The molecule has 0 fully saturated rings. The summed E-state index contributed by atoms with van der Waals surface area (Å²) in [6.45, 7) is 3.79. The van der Waals surface area contributed by atoms with Crippen LogP contribution in [0, 0.1) is 11.6 Å². The van der Waals surface area contributed by atoms with Crippen LogP contribution in [-0.4, -0.2) is 15.8 Å². The number of nitrogens with one attached hydrogen (secondary N) is 1. The van der Waals surface area contributed by atoms with E-state index in [1.54, 1.807) is 20.8 Å². The first-order chi connectivity index (χ1) is 8.55. The Hall–Kier alpha value is -0.790. The lowest BCUT2D eigenvalue weighted by molar-refractivity contribution is -0.00213. The molecule has 0 radical (unpaired) electrons. The van der Waals surface area contributed by atoms with Crippen molar-refractivity contribution in [3.63, 3.8) is 0 Å². The summed E-state index contributed by atoms with van der Waals surface area (Å²) in [6, 6.07) is 2.57. The second-order valence-electron chi connectivity index (χ2n) is 5.01. The smallest absolute Gasteiger partial charge is 0.292 e. The lowest BCUT2D eigenvalue weighted by Gasteiger charge is -2.26. The van der Waals surface area contributed by atoms with Gasteiger partial charge in [0.2, 0.25) is 0 Å². The van der Waals surface area contributed by atoms with Gasteiger partial charge in [0, 0.05) is 11.4 Å². The van der Waals surface area contributed by atoms with Gasteiger partial charge in [-0.2, -0.15) is 8.78 Å². The number of alkyl halides is 2. The van der Waals surface area contributed by atoms with Gasteiger partial charge in [0.25, 0.3) is 5.92 Å². The number of rotatable bonds is 4. The van der Waals surface area contributed by atoms with Crippen molar-refractivity contribution in [3.8, 4) is 0 Å². The van der Waals surface area contributed by atoms with Crippen LogP contribution in [0.5, 0.6) is 0 Å². The van der Waals surface area contributed by atoms with Crippen molar-refractivity contribution in [3.05, 3.63) is 35.4 Å². The van der Waals surface area contributed by atoms with Crippen LogP contribution in [0.15, 0.2) is 18.2 Å². The molecule has 1 atom stereocenters. The SMILES string of the molecule is CC(C)(C)[S+]([O-])NCC(F)(F)c1cccc(F)c1F. The average molecular weight is 297 g/mol. The summed E-state index contributed by atoms with van der Waals surface area (Å²) < 4.78 is 66.7. The Morgan fingerprint density at radius 3 is 2.32 bits per heavy atom. The van der Waals surface area contributed by atoms with E-state index in [-0.39, 0.29) is 0 Å². The van der Waals surface area contributed by atoms with Gasteiger partial charge < -0.3 is 4.55 Å². The van der Waals surface area contributed by atoms with E-state index in [1.165, 1.54) is 0 Å². The third kappa shape index (κ3) is 4.09. The second kappa shape index (κ2) is 5.68. The Bertz CT molecular complexity index is 448. The number of halogens is 4. The minimum atomic E-state index is -3.65. The Kier molecular flexibility index (Phi) is 4.86. The van der Waals surface area contributed by atoms with E-state index in [0.717, 1.165) is 18.2 Å². The zero-order chi connectivity index (χ0) is 14.8. The van der Waals surface area contributed by atoms with Gasteiger partial charge in [-0.15, -0.1) is 4.72 Å². The molecule has 1 unspecified atom stereocenters. The lowest BCUT2D eigenvalue weighted by Crippen LogP contribution is -2.44. The highest BCUT2D eigenvalue weighted by Crippen LogP contribution is 2.31. The van der Waals surface area contributed by atoms with Crippen LogP contribution in [0.25, 0.3) is 0 Å². The van der Waals surface area contributed by atoms with E-state index in [0.29, 0.717) is 0 Å². The van der Waals surface area contributed by atoms with E-state index < -0.39 is 45.8 Å². The fourth-order valence-corrected chi connectivity index (χ4v) is 2.00. The number of benzene rings is 1. The largest absolute Gasteiger partial charge is 0.598 e. The van der Waals surface area contributed by atoms with E-state index in [4.69, 9.17) is 0 Å². The van der Waals surface area contributed by atoms with E-state index in [9.17, 15) is 22.1 Å². The van der Waals surface area contributed by atoms with Crippen LogP contribution >= 0.6 is 0 Å². The summed E-state index contributed by atoms with van der Waals surface area (Å²) in [7, 11) is 0.